The minimum Gasteiger partial charge on any atom is -0.490 e. The topological polar surface area (TPSA) is 81.9 Å². The highest BCUT2D eigenvalue weighted by atomic mass is 35.5. The smallest absolute Gasteiger partial charge is 0.296 e. The Morgan fingerprint density at radius 2 is 1.86 bits per heavy atom. The van der Waals surface area contributed by atoms with E-state index in [9.17, 15) is 9.59 Å². The third-order valence-electron chi connectivity index (χ3n) is 6.29. The monoisotopic (exact) mass is 518 g/mol. The fourth-order valence-corrected chi connectivity index (χ4v) is 4.74. The van der Waals surface area contributed by atoms with E-state index in [-0.39, 0.29) is 16.8 Å². The van der Waals surface area contributed by atoms with Gasteiger partial charge in [-0.15, -0.1) is 0 Å². The number of carbonyl (C=O) groups excluding carboxylic acids is 1. The van der Waals surface area contributed by atoms with Crippen molar-refractivity contribution in [1.82, 2.24) is 4.98 Å². The van der Waals surface area contributed by atoms with Crippen LogP contribution < -0.4 is 19.8 Å². The Labute approximate surface area is 219 Å². The van der Waals surface area contributed by atoms with E-state index in [1.807, 2.05) is 44.2 Å². The van der Waals surface area contributed by atoms with Gasteiger partial charge in [-0.1, -0.05) is 37.1 Å². The fourth-order valence-electron chi connectivity index (χ4n) is 4.57. The predicted octanol–water partition coefficient (Wildman–Crippen LogP) is 6.48. The Hall–Kier alpha value is -3.84. The van der Waals surface area contributed by atoms with Crippen LogP contribution >= 0.6 is 11.6 Å². The summed E-state index contributed by atoms with van der Waals surface area (Å²) in [4.78, 5) is 33.7. The minimum atomic E-state index is -0.777. The second kappa shape index (κ2) is 10.3. The summed E-state index contributed by atoms with van der Waals surface area (Å²) in [5.41, 5.74) is 1.65. The van der Waals surface area contributed by atoms with E-state index in [1.165, 1.54) is 4.90 Å². The lowest BCUT2D eigenvalue weighted by atomic mass is 9.98. The molecule has 1 aliphatic heterocycles. The van der Waals surface area contributed by atoms with Crippen LogP contribution in [-0.2, 0) is 0 Å². The van der Waals surface area contributed by atoms with Gasteiger partial charge in [-0.2, -0.15) is 0 Å². The van der Waals surface area contributed by atoms with Crippen LogP contribution in [0.5, 0.6) is 11.5 Å². The summed E-state index contributed by atoms with van der Waals surface area (Å²) in [5.74, 6) is 1.13. The van der Waals surface area contributed by atoms with Gasteiger partial charge in [-0.3, -0.25) is 14.5 Å². The lowest BCUT2D eigenvalue weighted by Gasteiger charge is -2.25. The van der Waals surface area contributed by atoms with E-state index >= 15 is 0 Å². The van der Waals surface area contributed by atoms with E-state index in [4.69, 9.17) is 25.5 Å². The number of pyridine rings is 1. The van der Waals surface area contributed by atoms with Crippen LogP contribution in [0.2, 0.25) is 5.02 Å². The zero-order chi connectivity index (χ0) is 26.1. The third kappa shape index (κ3) is 4.55. The van der Waals surface area contributed by atoms with Crippen molar-refractivity contribution < 1.29 is 18.7 Å². The second-order valence-electron chi connectivity index (χ2n) is 8.87. The predicted molar refractivity (Wildman–Crippen MR) is 143 cm³/mol. The number of ether oxygens (including phenoxy) is 2. The zero-order valence-electron chi connectivity index (χ0n) is 20.9. The van der Waals surface area contributed by atoms with Gasteiger partial charge in [-0.25, -0.2) is 4.98 Å². The molecular weight excluding hydrogens is 492 g/mol. The first-order valence-electron chi connectivity index (χ1n) is 12.4. The quantitative estimate of drug-likeness (QED) is 0.248. The van der Waals surface area contributed by atoms with E-state index in [0.717, 1.165) is 18.5 Å². The highest BCUT2D eigenvalue weighted by Crippen LogP contribution is 2.43. The molecule has 0 bridgehead atoms. The maximum absolute atomic E-state index is 13.8. The SMILES string of the molecule is CCCCOc1ccc(C2c3c(oc4ccc(Cl)cc4c3=O)C(=O)N2c2cccc(C)n2)cc1OCC. The molecule has 1 unspecified atom stereocenters. The molecule has 1 atom stereocenters. The van der Waals surface area contributed by atoms with Gasteiger partial charge in [-0.05, 0) is 68.3 Å². The summed E-state index contributed by atoms with van der Waals surface area (Å²) in [6.07, 6.45) is 1.93. The van der Waals surface area contributed by atoms with Crippen molar-refractivity contribution >= 4 is 34.3 Å². The molecule has 2 aromatic carbocycles. The number of benzene rings is 2. The van der Waals surface area contributed by atoms with Crippen molar-refractivity contribution in [3.05, 3.63) is 92.4 Å². The highest BCUT2D eigenvalue weighted by Gasteiger charge is 2.44. The number of amides is 1. The fraction of sp³-hybridized carbons (Fsp3) is 0.276. The Morgan fingerprint density at radius 1 is 1.03 bits per heavy atom. The number of hydrogen-bond acceptors (Lipinski definition) is 6. The minimum absolute atomic E-state index is 0.00522. The summed E-state index contributed by atoms with van der Waals surface area (Å²) in [6.45, 7) is 6.84. The molecule has 8 heteroatoms. The summed E-state index contributed by atoms with van der Waals surface area (Å²) < 4.78 is 17.9. The average Bonchev–Trinajstić information content (AvgIpc) is 3.18. The molecule has 0 N–H and O–H groups in total. The maximum Gasteiger partial charge on any atom is 0.296 e. The molecule has 0 saturated heterocycles. The standard InChI is InChI=1S/C29H27ClN2O5/c1-4-6-14-36-22-12-10-18(15-23(22)35-5-2)26-25-27(33)20-16-19(30)11-13-21(20)37-28(25)29(34)32(26)24-9-7-8-17(3)31-24/h7-13,15-16,26H,4-6,14H2,1-3H3. The number of nitrogens with zero attached hydrogens (tertiary/aromatic N) is 2. The van der Waals surface area contributed by atoms with Crippen LogP contribution in [0.3, 0.4) is 0 Å². The van der Waals surface area contributed by atoms with Crippen molar-refractivity contribution in [2.24, 2.45) is 0 Å². The number of aromatic nitrogens is 1. The van der Waals surface area contributed by atoms with Gasteiger partial charge in [0.25, 0.3) is 5.91 Å². The number of unbranched alkanes of at least 4 members (excludes halogenated alkanes) is 1. The molecule has 1 aliphatic rings. The number of aryl methyl sites for hydroxylation is 1. The lowest BCUT2D eigenvalue weighted by Crippen LogP contribution is -2.30. The Kier molecular flexibility index (Phi) is 6.89. The second-order valence-corrected chi connectivity index (χ2v) is 9.31. The van der Waals surface area contributed by atoms with Crippen molar-refractivity contribution in [2.75, 3.05) is 18.1 Å². The van der Waals surface area contributed by atoms with Crippen LogP contribution in [0.15, 0.2) is 63.8 Å². The van der Waals surface area contributed by atoms with Crippen molar-refractivity contribution in [3.8, 4) is 11.5 Å². The summed E-state index contributed by atoms with van der Waals surface area (Å²) in [7, 11) is 0. The highest BCUT2D eigenvalue weighted by molar-refractivity contribution is 6.31. The molecule has 0 saturated carbocycles. The normalized spacial score (nSPS) is 14.8. The third-order valence-corrected chi connectivity index (χ3v) is 6.53. The number of fused-ring (bicyclic) bond motifs is 2. The van der Waals surface area contributed by atoms with Crippen LogP contribution in [0.4, 0.5) is 5.82 Å². The summed E-state index contributed by atoms with van der Waals surface area (Å²) in [5, 5.41) is 0.720. The first-order chi connectivity index (χ1) is 17.9. The van der Waals surface area contributed by atoms with Gasteiger partial charge in [0.15, 0.2) is 16.9 Å². The number of halogens is 1. The van der Waals surface area contributed by atoms with Gasteiger partial charge < -0.3 is 13.9 Å². The summed E-state index contributed by atoms with van der Waals surface area (Å²) in [6, 6.07) is 14.9. The van der Waals surface area contributed by atoms with Gasteiger partial charge >= 0.3 is 0 Å². The maximum atomic E-state index is 13.8. The van der Waals surface area contributed by atoms with Crippen molar-refractivity contribution in [1.29, 1.82) is 0 Å². The van der Waals surface area contributed by atoms with Crippen molar-refractivity contribution in [3.63, 3.8) is 0 Å². The Morgan fingerprint density at radius 3 is 2.62 bits per heavy atom. The molecule has 2 aromatic heterocycles. The number of hydrogen-bond donors (Lipinski definition) is 0. The van der Waals surface area contributed by atoms with E-state index < -0.39 is 11.9 Å². The van der Waals surface area contributed by atoms with Gasteiger partial charge in [0.2, 0.25) is 5.76 Å². The molecule has 4 aromatic rings. The van der Waals surface area contributed by atoms with E-state index in [2.05, 4.69) is 11.9 Å². The first kappa shape index (κ1) is 24.8. The van der Waals surface area contributed by atoms with E-state index in [0.29, 0.717) is 52.1 Å². The van der Waals surface area contributed by atoms with Gasteiger partial charge in [0, 0.05) is 10.7 Å². The Balaban J connectivity index is 1.72. The van der Waals surface area contributed by atoms with Crippen LogP contribution in [-0.4, -0.2) is 24.1 Å². The van der Waals surface area contributed by atoms with Crippen LogP contribution in [0.1, 0.15) is 60.1 Å². The molecule has 1 amide bonds. The molecule has 3 heterocycles. The van der Waals surface area contributed by atoms with E-state index in [1.54, 1.807) is 24.3 Å². The molecule has 190 valence electrons. The van der Waals surface area contributed by atoms with Gasteiger partial charge in [0.05, 0.1) is 30.2 Å². The zero-order valence-corrected chi connectivity index (χ0v) is 21.7. The Bertz CT molecular complexity index is 1550. The molecule has 0 aliphatic carbocycles. The van der Waals surface area contributed by atoms with Crippen LogP contribution in [0.25, 0.3) is 11.0 Å². The molecular formula is C29H27ClN2O5. The molecule has 37 heavy (non-hydrogen) atoms. The van der Waals surface area contributed by atoms with Crippen molar-refractivity contribution in [2.45, 2.75) is 39.7 Å². The molecule has 0 radical (unpaired) electrons. The molecule has 0 fully saturated rings. The number of carbonyl (C=O) groups is 1. The molecule has 5 rings (SSSR count). The first-order valence-corrected chi connectivity index (χ1v) is 12.7. The number of anilines is 1. The summed E-state index contributed by atoms with van der Waals surface area (Å²) >= 11 is 6.19. The largest absolute Gasteiger partial charge is 0.490 e. The van der Waals surface area contributed by atoms with Gasteiger partial charge in [0.1, 0.15) is 11.4 Å². The van der Waals surface area contributed by atoms with Crippen LogP contribution in [0, 0.1) is 6.92 Å². The lowest BCUT2D eigenvalue weighted by molar-refractivity contribution is 0.0970. The average molecular weight is 519 g/mol. The molecule has 0 spiro atoms. The molecule has 7 nitrogen and oxygen atoms in total. The number of rotatable bonds is 8.